The van der Waals surface area contributed by atoms with Crippen LogP contribution in [0.5, 0.6) is 0 Å². The minimum atomic E-state index is 0.105. The second-order valence-electron chi connectivity index (χ2n) is 4.08. The zero-order chi connectivity index (χ0) is 13.0. The fourth-order valence-corrected chi connectivity index (χ4v) is 1.68. The van der Waals surface area contributed by atoms with Crippen molar-refractivity contribution in [1.29, 1.82) is 5.26 Å². The van der Waals surface area contributed by atoms with Crippen LogP contribution in [0.25, 0.3) is 0 Å². The van der Waals surface area contributed by atoms with Crippen LogP contribution in [0.4, 0.5) is 11.5 Å². The Bertz CT molecular complexity index is 569. The largest absolute Gasteiger partial charge is 0.399 e. The molecule has 1 aromatic heterocycles. The van der Waals surface area contributed by atoms with Gasteiger partial charge in [0.2, 0.25) is 0 Å². The zero-order valence-corrected chi connectivity index (χ0v) is 10.1. The van der Waals surface area contributed by atoms with E-state index < -0.39 is 0 Å². The maximum atomic E-state index is 8.69. The van der Waals surface area contributed by atoms with Gasteiger partial charge in [-0.05, 0) is 36.8 Å². The zero-order valence-electron chi connectivity index (χ0n) is 10.1. The fourth-order valence-electron chi connectivity index (χ4n) is 1.68. The van der Waals surface area contributed by atoms with E-state index in [4.69, 9.17) is 11.0 Å². The smallest absolute Gasteiger partial charge is 0.126 e. The Hall–Kier alpha value is -2.54. The number of hydrogen-bond acceptors (Lipinski definition) is 4. The number of aromatic nitrogens is 1. The highest BCUT2D eigenvalue weighted by atomic mass is 15.0. The molecule has 0 amide bonds. The number of nitrogens with zero attached hydrogens (tertiary/aromatic N) is 2. The molecule has 0 spiro atoms. The summed E-state index contributed by atoms with van der Waals surface area (Å²) in [5, 5.41) is 12.0. The van der Waals surface area contributed by atoms with Crippen LogP contribution in [0.1, 0.15) is 24.1 Å². The highest BCUT2D eigenvalue weighted by Gasteiger charge is 2.06. The molecule has 0 aliphatic rings. The van der Waals surface area contributed by atoms with Gasteiger partial charge in [-0.15, -0.1) is 0 Å². The van der Waals surface area contributed by atoms with Gasteiger partial charge >= 0.3 is 0 Å². The van der Waals surface area contributed by atoms with Crippen molar-refractivity contribution in [3.05, 3.63) is 53.7 Å². The summed E-state index contributed by atoms with van der Waals surface area (Å²) in [5.74, 6) is 0.740. The van der Waals surface area contributed by atoms with E-state index in [2.05, 4.69) is 10.3 Å². The summed E-state index contributed by atoms with van der Waals surface area (Å²) in [6.07, 6.45) is 1.55. The Labute approximate surface area is 106 Å². The lowest BCUT2D eigenvalue weighted by molar-refractivity contribution is 0.875. The first-order chi connectivity index (χ1) is 8.69. The molecule has 0 bridgehead atoms. The summed E-state index contributed by atoms with van der Waals surface area (Å²) in [7, 11) is 0. The summed E-state index contributed by atoms with van der Waals surface area (Å²) in [6, 6.07) is 13.4. The first-order valence-corrected chi connectivity index (χ1v) is 5.67. The predicted octanol–water partition coefficient (Wildman–Crippen LogP) is 2.71. The maximum absolute atomic E-state index is 8.69. The summed E-state index contributed by atoms with van der Waals surface area (Å²) in [6.45, 7) is 2.04. The van der Waals surface area contributed by atoms with Crippen molar-refractivity contribution in [1.82, 2.24) is 4.98 Å². The topological polar surface area (TPSA) is 74.7 Å². The molecule has 0 saturated heterocycles. The molecule has 4 heteroatoms. The number of rotatable bonds is 3. The molecular formula is C14H14N4. The van der Waals surface area contributed by atoms with E-state index in [1.807, 2.05) is 37.3 Å². The molecule has 1 heterocycles. The molecule has 1 atom stereocenters. The first kappa shape index (κ1) is 11.9. The van der Waals surface area contributed by atoms with Crippen molar-refractivity contribution in [3.8, 4) is 6.07 Å². The van der Waals surface area contributed by atoms with E-state index in [0.29, 0.717) is 5.56 Å². The third-order valence-electron chi connectivity index (χ3n) is 2.67. The Morgan fingerprint density at radius 2 is 2.17 bits per heavy atom. The number of pyridine rings is 1. The number of nitrogen functional groups attached to an aromatic ring is 1. The van der Waals surface area contributed by atoms with Crippen molar-refractivity contribution < 1.29 is 0 Å². The number of nitriles is 1. The molecule has 18 heavy (non-hydrogen) atoms. The molecule has 0 fully saturated rings. The lowest BCUT2D eigenvalue weighted by atomic mass is 10.1. The van der Waals surface area contributed by atoms with Gasteiger partial charge in [-0.25, -0.2) is 4.98 Å². The van der Waals surface area contributed by atoms with Crippen LogP contribution in [-0.4, -0.2) is 4.98 Å². The minimum absolute atomic E-state index is 0.105. The van der Waals surface area contributed by atoms with Gasteiger partial charge in [0.25, 0.3) is 0 Å². The maximum Gasteiger partial charge on any atom is 0.126 e. The Kier molecular flexibility index (Phi) is 3.44. The Morgan fingerprint density at radius 3 is 2.78 bits per heavy atom. The monoisotopic (exact) mass is 238 g/mol. The second-order valence-corrected chi connectivity index (χ2v) is 4.08. The van der Waals surface area contributed by atoms with Crippen LogP contribution in [0.15, 0.2) is 42.6 Å². The molecular weight excluding hydrogens is 224 g/mol. The summed E-state index contributed by atoms with van der Waals surface area (Å²) in [4.78, 5) is 4.17. The van der Waals surface area contributed by atoms with Crippen molar-refractivity contribution in [2.24, 2.45) is 0 Å². The van der Waals surface area contributed by atoms with Crippen LogP contribution in [0.3, 0.4) is 0 Å². The van der Waals surface area contributed by atoms with E-state index in [0.717, 1.165) is 17.1 Å². The molecule has 4 nitrogen and oxygen atoms in total. The molecule has 0 radical (unpaired) electrons. The summed E-state index contributed by atoms with van der Waals surface area (Å²) >= 11 is 0. The number of nitrogens with one attached hydrogen (secondary N) is 1. The molecule has 0 aliphatic heterocycles. The van der Waals surface area contributed by atoms with E-state index in [1.165, 1.54) is 0 Å². The summed E-state index contributed by atoms with van der Waals surface area (Å²) in [5.41, 5.74) is 8.14. The molecule has 0 saturated carbocycles. The Morgan fingerprint density at radius 1 is 1.33 bits per heavy atom. The standard InChI is InChI=1S/C14H14N4/c1-10(12-3-2-4-13(16)7-12)18-14-6-5-11(8-15)9-17-14/h2-7,9-10H,16H2,1H3,(H,17,18). The van der Waals surface area contributed by atoms with E-state index in [-0.39, 0.29) is 6.04 Å². The fraction of sp³-hybridized carbons (Fsp3) is 0.143. The molecule has 1 unspecified atom stereocenters. The van der Waals surface area contributed by atoms with Crippen molar-refractivity contribution in [3.63, 3.8) is 0 Å². The average Bonchev–Trinajstić information content (AvgIpc) is 2.39. The van der Waals surface area contributed by atoms with Crippen LogP contribution in [-0.2, 0) is 0 Å². The normalized spacial score (nSPS) is 11.6. The van der Waals surface area contributed by atoms with Gasteiger partial charge in [0.15, 0.2) is 0 Å². The van der Waals surface area contributed by atoms with Gasteiger partial charge in [-0.1, -0.05) is 12.1 Å². The first-order valence-electron chi connectivity index (χ1n) is 5.67. The number of hydrogen-bond donors (Lipinski definition) is 2. The van der Waals surface area contributed by atoms with Gasteiger partial charge in [-0.3, -0.25) is 0 Å². The lowest BCUT2D eigenvalue weighted by Gasteiger charge is -2.15. The van der Waals surface area contributed by atoms with E-state index >= 15 is 0 Å². The molecule has 3 N–H and O–H groups in total. The average molecular weight is 238 g/mol. The third-order valence-corrected chi connectivity index (χ3v) is 2.67. The quantitative estimate of drug-likeness (QED) is 0.806. The summed E-state index contributed by atoms with van der Waals surface area (Å²) < 4.78 is 0. The van der Waals surface area contributed by atoms with E-state index in [9.17, 15) is 0 Å². The van der Waals surface area contributed by atoms with Crippen LogP contribution < -0.4 is 11.1 Å². The van der Waals surface area contributed by atoms with Gasteiger partial charge in [0.1, 0.15) is 11.9 Å². The number of nitrogens with two attached hydrogens (primary N) is 1. The molecule has 90 valence electrons. The predicted molar refractivity (Wildman–Crippen MR) is 71.8 cm³/mol. The number of benzene rings is 1. The van der Waals surface area contributed by atoms with Crippen LogP contribution >= 0.6 is 0 Å². The second kappa shape index (κ2) is 5.19. The van der Waals surface area contributed by atoms with Gasteiger partial charge in [-0.2, -0.15) is 5.26 Å². The number of anilines is 2. The molecule has 2 rings (SSSR count). The van der Waals surface area contributed by atoms with Crippen LogP contribution in [0.2, 0.25) is 0 Å². The van der Waals surface area contributed by atoms with Gasteiger partial charge in [0.05, 0.1) is 11.6 Å². The third kappa shape index (κ3) is 2.77. The highest BCUT2D eigenvalue weighted by molar-refractivity contribution is 5.45. The molecule has 0 aliphatic carbocycles. The van der Waals surface area contributed by atoms with Crippen LogP contribution in [0, 0.1) is 11.3 Å². The van der Waals surface area contributed by atoms with Crippen molar-refractivity contribution >= 4 is 11.5 Å². The van der Waals surface area contributed by atoms with Gasteiger partial charge in [0, 0.05) is 11.9 Å². The lowest BCUT2D eigenvalue weighted by Crippen LogP contribution is -2.08. The van der Waals surface area contributed by atoms with Gasteiger partial charge < -0.3 is 11.1 Å². The highest BCUT2D eigenvalue weighted by Crippen LogP contribution is 2.19. The minimum Gasteiger partial charge on any atom is -0.399 e. The van der Waals surface area contributed by atoms with E-state index in [1.54, 1.807) is 18.3 Å². The van der Waals surface area contributed by atoms with Crippen molar-refractivity contribution in [2.45, 2.75) is 13.0 Å². The SMILES string of the molecule is CC(Nc1ccc(C#N)cn1)c1cccc(N)c1. The molecule has 2 aromatic rings. The van der Waals surface area contributed by atoms with Crippen molar-refractivity contribution in [2.75, 3.05) is 11.1 Å². The Balaban J connectivity index is 2.11. The molecule has 1 aromatic carbocycles.